The number of nitrogens with one attached hydrogen (secondary N) is 1. The van der Waals surface area contributed by atoms with Crippen molar-refractivity contribution in [1.29, 1.82) is 0 Å². The number of methoxy groups -OCH3 is 1. The fourth-order valence-corrected chi connectivity index (χ4v) is 5.49. The molecule has 1 fully saturated rings. The number of ether oxygens (including phenoxy) is 1. The molecular weight excluding hydrogens is 418 g/mol. The molecule has 1 saturated heterocycles. The van der Waals surface area contributed by atoms with Crippen LogP contribution in [-0.2, 0) is 10.0 Å². The smallest absolute Gasteiger partial charge is 0.240 e. The number of nitrogens with zero attached hydrogens (tertiary/aromatic N) is 2. The number of thiazole rings is 1. The summed E-state index contributed by atoms with van der Waals surface area (Å²) in [6.45, 7) is 2.24. The van der Waals surface area contributed by atoms with E-state index in [1.54, 1.807) is 30.6 Å². The summed E-state index contributed by atoms with van der Waals surface area (Å²) < 4.78 is 33.5. The van der Waals surface area contributed by atoms with Crippen LogP contribution in [0.25, 0.3) is 11.1 Å². The van der Waals surface area contributed by atoms with Crippen molar-refractivity contribution in [3.63, 3.8) is 0 Å². The average molecular weight is 444 g/mol. The van der Waals surface area contributed by atoms with E-state index < -0.39 is 10.0 Å². The molecule has 6 nitrogen and oxygen atoms in total. The molecule has 1 unspecified atom stereocenters. The molecule has 1 atom stereocenters. The molecule has 1 aliphatic rings. The van der Waals surface area contributed by atoms with Crippen molar-refractivity contribution in [3.05, 3.63) is 60.1 Å². The maximum Gasteiger partial charge on any atom is 0.240 e. The van der Waals surface area contributed by atoms with Gasteiger partial charge in [-0.15, -0.1) is 11.3 Å². The van der Waals surface area contributed by atoms with Crippen LogP contribution in [0.15, 0.2) is 65.0 Å². The Kier molecular flexibility index (Phi) is 6.36. The van der Waals surface area contributed by atoms with Crippen LogP contribution in [-0.4, -0.2) is 40.1 Å². The fraction of sp³-hybridized carbons (Fsp3) is 0.318. The SMILES string of the molecule is COc1ccc(-c2ccc(S(=O)(=O)NCC3CCCN(c4nccs4)C3)cc2)cc1. The lowest BCUT2D eigenvalue weighted by molar-refractivity contribution is 0.410. The quantitative estimate of drug-likeness (QED) is 0.597. The summed E-state index contributed by atoms with van der Waals surface area (Å²) in [7, 11) is -1.91. The van der Waals surface area contributed by atoms with E-state index in [2.05, 4.69) is 14.6 Å². The highest BCUT2D eigenvalue weighted by Gasteiger charge is 2.23. The number of benzene rings is 2. The molecule has 0 saturated carbocycles. The molecule has 0 radical (unpaired) electrons. The van der Waals surface area contributed by atoms with Crippen LogP contribution in [0.2, 0.25) is 0 Å². The summed E-state index contributed by atoms with van der Waals surface area (Å²) in [5, 5.41) is 2.98. The van der Waals surface area contributed by atoms with Gasteiger partial charge in [0.15, 0.2) is 5.13 Å². The summed E-state index contributed by atoms with van der Waals surface area (Å²) in [6.07, 6.45) is 3.87. The van der Waals surface area contributed by atoms with Gasteiger partial charge in [-0.05, 0) is 54.2 Å². The first-order chi connectivity index (χ1) is 14.5. The summed E-state index contributed by atoms with van der Waals surface area (Å²) >= 11 is 1.62. The van der Waals surface area contributed by atoms with E-state index in [-0.39, 0.29) is 10.8 Å². The molecule has 0 bridgehead atoms. The number of sulfonamides is 1. The van der Waals surface area contributed by atoms with E-state index in [1.165, 1.54) is 0 Å². The van der Waals surface area contributed by atoms with Crippen molar-refractivity contribution >= 4 is 26.5 Å². The molecule has 30 heavy (non-hydrogen) atoms. The Bertz CT molecular complexity index is 1050. The normalized spacial score (nSPS) is 17.1. The van der Waals surface area contributed by atoms with E-state index in [0.717, 1.165) is 47.9 Å². The number of anilines is 1. The van der Waals surface area contributed by atoms with Crippen LogP contribution in [0.4, 0.5) is 5.13 Å². The Morgan fingerprint density at radius 2 is 1.83 bits per heavy atom. The van der Waals surface area contributed by atoms with Crippen molar-refractivity contribution in [2.45, 2.75) is 17.7 Å². The first-order valence-electron chi connectivity index (χ1n) is 9.94. The van der Waals surface area contributed by atoms with Crippen LogP contribution < -0.4 is 14.4 Å². The topological polar surface area (TPSA) is 71.5 Å². The van der Waals surface area contributed by atoms with Gasteiger partial charge in [0.1, 0.15) is 5.75 Å². The molecule has 0 amide bonds. The van der Waals surface area contributed by atoms with Crippen LogP contribution >= 0.6 is 11.3 Å². The Hall–Kier alpha value is -2.42. The monoisotopic (exact) mass is 443 g/mol. The minimum Gasteiger partial charge on any atom is -0.497 e. The average Bonchev–Trinajstić information content (AvgIpc) is 3.33. The molecule has 8 heteroatoms. The van der Waals surface area contributed by atoms with E-state index in [1.807, 2.05) is 48.0 Å². The zero-order valence-electron chi connectivity index (χ0n) is 16.8. The summed E-state index contributed by atoms with van der Waals surface area (Å²) in [5.41, 5.74) is 1.97. The molecule has 2 aromatic carbocycles. The minimum atomic E-state index is -3.54. The summed E-state index contributed by atoms with van der Waals surface area (Å²) in [6, 6.07) is 14.7. The maximum atomic E-state index is 12.8. The van der Waals surface area contributed by atoms with Crippen molar-refractivity contribution in [2.75, 3.05) is 31.6 Å². The predicted molar refractivity (Wildman–Crippen MR) is 121 cm³/mol. The Morgan fingerprint density at radius 1 is 1.13 bits per heavy atom. The standard InChI is InChI=1S/C22H25N3O3S2/c1-28-20-8-4-18(5-9-20)19-6-10-21(11-7-19)30(26,27)24-15-17-3-2-13-25(16-17)22-23-12-14-29-22/h4-12,14,17,24H,2-3,13,15-16H2,1H3. The largest absolute Gasteiger partial charge is 0.497 e. The van der Waals surface area contributed by atoms with Crippen molar-refractivity contribution in [3.8, 4) is 16.9 Å². The van der Waals surface area contributed by atoms with Crippen LogP contribution in [0.1, 0.15) is 12.8 Å². The van der Waals surface area contributed by atoms with Gasteiger partial charge in [0.25, 0.3) is 0 Å². The van der Waals surface area contributed by atoms with Gasteiger partial charge < -0.3 is 9.64 Å². The predicted octanol–water partition coefficient (Wildman–Crippen LogP) is 4.01. The minimum absolute atomic E-state index is 0.274. The van der Waals surface area contributed by atoms with Crippen molar-refractivity contribution in [1.82, 2.24) is 9.71 Å². The van der Waals surface area contributed by atoms with Crippen LogP contribution in [0, 0.1) is 5.92 Å². The number of hydrogen-bond acceptors (Lipinski definition) is 6. The molecule has 0 spiro atoms. The van der Waals surface area contributed by atoms with Gasteiger partial charge in [0, 0.05) is 31.2 Å². The van der Waals surface area contributed by atoms with Gasteiger partial charge in [-0.25, -0.2) is 18.1 Å². The third-order valence-corrected chi connectivity index (χ3v) is 7.63. The number of piperidine rings is 1. The van der Waals surface area contributed by atoms with Crippen LogP contribution in [0.3, 0.4) is 0 Å². The number of aromatic nitrogens is 1. The highest BCUT2D eigenvalue weighted by molar-refractivity contribution is 7.89. The van der Waals surface area contributed by atoms with Crippen molar-refractivity contribution < 1.29 is 13.2 Å². The van der Waals surface area contributed by atoms with Gasteiger partial charge in [-0.1, -0.05) is 24.3 Å². The van der Waals surface area contributed by atoms with Gasteiger partial charge in [0.2, 0.25) is 10.0 Å². The van der Waals surface area contributed by atoms with E-state index in [9.17, 15) is 8.42 Å². The summed E-state index contributed by atoms with van der Waals surface area (Å²) in [4.78, 5) is 6.90. The van der Waals surface area contributed by atoms with Crippen LogP contribution in [0.5, 0.6) is 5.75 Å². The van der Waals surface area contributed by atoms with E-state index >= 15 is 0 Å². The van der Waals surface area contributed by atoms with E-state index in [4.69, 9.17) is 4.74 Å². The molecule has 3 aromatic rings. The second-order valence-corrected chi connectivity index (χ2v) is 10.0. The summed E-state index contributed by atoms with van der Waals surface area (Å²) in [5.74, 6) is 1.06. The zero-order valence-corrected chi connectivity index (χ0v) is 18.5. The first-order valence-corrected chi connectivity index (χ1v) is 12.3. The molecule has 1 aromatic heterocycles. The Labute approximate surface area is 181 Å². The third kappa shape index (κ3) is 4.83. The van der Waals surface area contributed by atoms with Crippen molar-refractivity contribution in [2.24, 2.45) is 5.92 Å². The molecule has 2 heterocycles. The number of hydrogen-bond donors (Lipinski definition) is 1. The highest BCUT2D eigenvalue weighted by atomic mass is 32.2. The number of rotatable bonds is 7. The molecule has 1 aliphatic heterocycles. The lowest BCUT2D eigenvalue weighted by Crippen LogP contribution is -2.41. The first kappa shape index (κ1) is 20.8. The van der Waals surface area contributed by atoms with Gasteiger partial charge >= 0.3 is 0 Å². The second kappa shape index (κ2) is 9.16. The lowest BCUT2D eigenvalue weighted by atomic mass is 9.99. The lowest BCUT2D eigenvalue weighted by Gasteiger charge is -2.32. The second-order valence-electron chi connectivity index (χ2n) is 7.37. The maximum absolute atomic E-state index is 12.8. The molecule has 4 rings (SSSR count). The Morgan fingerprint density at radius 3 is 2.47 bits per heavy atom. The van der Waals surface area contributed by atoms with Gasteiger partial charge in [-0.3, -0.25) is 0 Å². The third-order valence-electron chi connectivity index (χ3n) is 5.36. The highest BCUT2D eigenvalue weighted by Crippen LogP contribution is 2.26. The molecule has 158 valence electrons. The fourth-order valence-electron chi connectivity index (χ4n) is 3.70. The zero-order chi connectivity index (χ0) is 21.0. The molecular formula is C22H25N3O3S2. The van der Waals surface area contributed by atoms with Gasteiger partial charge in [-0.2, -0.15) is 0 Å². The van der Waals surface area contributed by atoms with E-state index in [0.29, 0.717) is 6.54 Å². The van der Waals surface area contributed by atoms with Gasteiger partial charge in [0.05, 0.1) is 12.0 Å². The molecule has 0 aliphatic carbocycles. The Balaban J connectivity index is 1.38. The molecule has 1 N–H and O–H groups in total.